The third-order valence-electron chi connectivity index (χ3n) is 5.14. The fourth-order valence-electron chi connectivity index (χ4n) is 3.27. The van der Waals surface area contributed by atoms with Gasteiger partial charge in [-0.3, -0.25) is 0 Å². The van der Waals surface area contributed by atoms with Crippen LogP contribution in [0.2, 0.25) is 0 Å². The molecule has 2 rings (SSSR count). The van der Waals surface area contributed by atoms with Crippen LogP contribution in [0.1, 0.15) is 76.7 Å². The highest BCUT2D eigenvalue weighted by molar-refractivity contribution is 5.27. The minimum atomic E-state index is -0.0440. The molecule has 1 heteroatoms. The number of hydrogen-bond donors (Lipinski definition) is 0. The van der Waals surface area contributed by atoms with Gasteiger partial charge in [-0.05, 0) is 36.8 Å². The largest absolute Gasteiger partial charge is 0.357 e. The van der Waals surface area contributed by atoms with Crippen molar-refractivity contribution in [3.8, 4) is 0 Å². The van der Waals surface area contributed by atoms with E-state index in [0.717, 1.165) is 25.7 Å². The van der Waals surface area contributed by atoms with Crippen molar-refractivity contribution in [1.29, 1.82) is 0 Å². The molecule has 0 aliphatic carbocycles. The maximum atomic E-state index is 6.74. The molecule has 0 amide bonds. The molecule has 2 unspecified atom stereocenters. The van der Waals surface area contributed by atoms with Crippen LogP contribution in [0.3, 0.4) is 0 Å². The lowest BCUT2D eigenvalue weighted by Gasteiger charge is -2.24. The van der Waals surface area contributed by atoms with E-state index in [9.17, 15) is 0 Å². The minimum absolute atomic E-state index is 0.0440. The molecular formula is C26H34O. The Labute approximate surface area is 165 Å². The Morgan fingerprint density at radius 3 is 1.26 bits per heavy atom. The van der Waals surface area contributed by atoms with Gasteiger partial charge in [0.15, 0.2) is 0 Å². The number of allylic oxidation sites excluding steroid dienone is 2. The highest BCUT2D eigenvalue weighted by atomic mass is 16.5. The second-order valence-corrected chi connectivity index (χ2v) is 6.86. The van der Waals surface area contributed by atoms with Gasteiger partial charge < -0.3 is 4.74 Å². The highest BCUT2D eigenvalue weighted by Gasteiger charge is 2.18. The van der Waals surface area contributed by atoms with Gasteiger partial charge in [0.2, 0.25) is 0 Å². The van der Waals surface area contributed by atoms with Gasteiger partial charge >= 0.3 is 0 Å². The molecule has 1 nitrogen and oxygen atoms in total. The fourth-order valence-corrected chi connectivity index (χ4v) is 3.27. The Bertz CT molecular complexity index is 637. The molecular weight excluding hydrogens is 328 g/mol. The summed E-state index contributed by atoms with van der Waals surface area (Å²) >= 11 is 0. The molecule has 0 radical (unpaired) electrons. The van der Waals surface area contributed by atoms with Gasteiger partial charge in [-0.25, -0.2) is 0 Å². The molecule has 0 saturated heterocycles. The first-order valence-corrected chi connectivity index (χ1v) is 10.4. The van der Waals surface area contributed by atoms with Crippen LogP contribution in [0.25, 0.3) is 0 Å². The highest BCUT2D eigenvalue weighted by Crippen LogP contribution is 2.32. The van der Waals surface area contributed by atoms with E-state index in [4.69, 9.17) is 4.74 Å². The van der Waals surface area contributed by atoms with Crippen molar-refractivity contribution >= 4 is 0 Å². The Hall–Kier alpha value is -2.12. The first-order valence-electron chi connectivity index (χ1n) is 10.4. The fraction of sp³-hybridized carbons (Fsp3) is 0.385. The molecule has 0 aliphatic rings. The van der Waals surface area contributed by atoms with Crippen LogP contribution < -0.4 is 0 Å². The standard InChI is InChI=1S/C26H34O/c1-5-21(6-2)19-25(23-15-11-9-12-16-23)27-26(20-22(7-3)8-4)24-17-13-10-14-18-24/h9-20,25-26H,5-8H2,1-4H3. The zero-order valence-corrected chi connectivity index (χ0v) is 17.3. The van der Waals surface area contributed by atoms with Gasteiger partial charge in [-0.2, -0.15) is 0 Å². The molecule has 0 N–H and O–H groups in total. The van der Waals surface area contributed by atoms with Crippen LogP contribution in [0.4, 0.5) is 0 Å². The van der Waals surface area contributed by atoms with E-state index < -0.39 is 0 Å². The minimum Gasteiger partial charge on any atom is -0.357 e. The molecule has 2 atom stereocenters. The summed E-state index contributed by atoms with van der Waals surface area (Å²) in [6, 6.07) is 21.1. The molecule has 2 aromatic rings. The molecule has 0 saturated carbocycles. The average Bonchev–Trinajstić information content (AvgIpc) is 2.74. The van der Waals surface area contributed by atoms with Crippen LogP contribution in [0.5, 0.6) is 0 Å². The maximum Gasteiger partial charge on any atom is 0.102 e. The molecule has 0 fully saturated rings. The van der Waals surface area contributed by atoms with Crippen LogP contribution >= 0.6 is 0 Å². The number of hydrogen-bond acceptors (Lipinski definition) is 1. The Morgan fingerprint density at radius 1 is 0.630 bits per heavy atom. The second kappa shape index (κ2) is 11.6. The smallest absolute Gasteiger partial charge is 0.102 e. The molecule has 0 aromatic heterocycles. The summed E-state index contributed by atoms with van der Waals surface area (Å²) in [5, 5.41) is 0. The van der Waals surface area contributed by atoms with Crippen LogP contribution in [0, 0.1) is 0 Å². The van der Waals surface area contributed by atoms with Gasteiger partial charge in [-0.1, -0.05) is 112 Å². The lowest BCUT2D eigenvalue weighted by Crippen LogP contribution is -2.09. The van der Waals surface area contributed by atoms with Gasteiger partial charge in [0.25, 0.3) is 0 Å². The van der Waals surface area contributed by atoms with E-state index in [1.54, 1.807) is 0 Å². The summed E-state index contributed by atoms with van der Waals surface area (Å²) in [5.41, 5.74) is 5.29. The summed E-state index contributed by atoms with van der Waals surface area (Å²) in [4.78, 5) is 0. The summed E-state index contributed by atoms with van der Waals surface area (Å²) in [6.45, 7) is 8.88. The summed E-state index contributed by atoms with van der Waals surface area (Å²) in [5.74, 6) is 0. The van der Waals surface area contributed by atoms with E-state index in [-0.39, 0.29) is 12.2 Å². The predicted octanol–water partition coefficient (Wildman–Crippen LogP) is 7.98. The lowest BCUT2D eigenvalue weighted by molar-refractivity contribution is 0.0386. The van der Waals surface area contributed by atoms with E-state index in [1.807, 2.05) is 0 Å². The average molecular weight is 363 g/mol. The molecule has 0 bridgehead atoms. The van der Waals surface area contributed by atoms with Crippen LogP contribution in [-0.4, -0.2) is 0 Å². The van der Waals surface area contributed by atoms with E-state index >= 15 is 0 Å². The first-order chi connectivity index (χ1) is 13.2. The van der Waals surface area contributed by atoms with Crippen molar-refractivity contribution in [2.24, 2.45) is 0 Å². The molecule has 0 aliphatic heterocycles. The van der Waals surface area contributed by atoms with Gasteiger partial charge in [0, 0.05) is 0 Å². The second-order valence-electron chi connectivity index (χ2n) is 6.86. The first kappa shape index (κ1) is 21.2. The quantitative estimate of drug-likeness (QED) is 0.389. The van der Waals surface area contributed by atoms with Crippen molar-refractivity contribution in [2.45, 2.75) is 65.6 Å². The molecule has 27 heavy (non-hydrogen) atoms. The van der Waals surface area contributed by atoms with Gasteiger partial charge in [0.05, 0.1) is 0 Å². The Kier molecular flexibility index (Phi) is 9.07. The van der Waals surface area contributed by atoms with E-state index in [0.29, 0.717) is 0 Å². The summed E-state index contributed by atoms with van der Waals surface area (Å²) in [7, 11) is 0. The van der Waals surface area contributed by atoms with E-state index in [2.05, 4.69) is 101 Å². The SMILES string of the molecule is CCC(=CC(OC(C=C(CC)CC)c1ccccc1)c1ccccc1)CC. The van der Waals surface area contributed by atoms with Crippen molar-refractivity contribution < 1.29 is 4.74 Å². The predicted molar refractivity (Wildman–Crippen MR) is 117 cm³/mol. The normalized spacial score (nSPS) is 12.9. The summed E-state index contributed by atoms with van der Waals surface area (Å²) < 4.78 is 6.74. The topological polar surface area (TPSA) is 9.23 Å². The van der Waals surface area contributed by atoms with Gasteiger partial charge in [-0.15, -0.1) is 0 Å². The van der Waals surface area contributed by atoms with Crippen molar-refractivity contribution in [2.75, 3.05) is 0 Å². The number of ether oxygens (including phenoxy) is 1. The molecule has 144 valence electrons. The maximum absolute atomic E-state index is 6.74. The van der Waals surface area contributed by atoms with Crippen molar-refractivity contribution in [3.63, 3.8) is 0 Å². The van der Waals surface area contributed by atoms with Gasteiger partial charge in [0.1, 0.15) is 12.2 Å². The summed E-state index contributed by atoms with van der Waals surface area (Å²) in [6.07, 6.45) is 8.78. The zero-order chi connectivity index (χ0) is 19.5. The van der Waals surface area contributed by atoms with Crippen molar-refractivity contribution in [1.82, 2.24) is 0 Å². The van der Waals surface area contributed by atoms with E-state index in [1.165, 1.54) is 22.3 Å². The lowest BCUT2D eigenvalue weighted by atomic mass is 10.0. The molecule has 0 heterocycles. The van der Waals surface area contributed by atoms with Crippen LogP contribution in [0.15, 0.2) is 84.0 Å². The molecule has 0 spiro atoms. The third-order valence-corrected chi connectivity index (χ3v) is 5.14. The Morgan fingerprint density at radius 2 is 0.963 bits per heavy atom. The van der Waals surface area contributed by atoms with Crippen molar-refractivity contribution in [3.05, 3.63) is 95.1 Å². The Balaban J connectivity index is 2.42. The number of rotatable bonds is 10. The van der Waals surface area contributed by atoms with Crippen LogP contribution in [-0.2, 0) is 4.74 Å². The number of benzene rings is 2. The third kappa shape index (κ3) is 6.52. The monoisotopic (exact) mass is 362 g/mol. The zero-order valence-electron chi connectivity index (χ0n) is 17.3. The molecule has 2 aromatic carbocycles.